The number of aromatic nitrogens is 1. The van der Waals surface area contributed by atoms with Gasteiger partial charge in [0, 0.05) is 30.4 Å². The van der Waals surface area contributed by atoms with Crippen LogP contribution in [0.1, 0.15) is 26.3 Å². The molecule has 3 nitrogen and oxygen atoms in total. The first kappa shape index (κ1) is 13.9. The maximum atomic E-state index is 5.72. The first-order chi connectivity index (χ1) is 9.15. The van der Waals surface area contributed by atoms with Gasteiger partial charge in [-0.2, -0.15) is 0 Å². The van der Waals surface area contributed by atoms with Crippen molar-refractivity contribution in [1.29, 1.82) is 0 Å². The van der Waals surface area contributed by atoms with E-state index in [-0.39, 0.29) is 0 Å². The summed E-state index contributed by atoms with van der Waals surface area (Å²) in [5, 5.41) is 4.72. The molecule has 1 heterocycles. The molecule has 0 bridgehead atoms. The highest BCUT2D eigenvalue weighted by molar-refractivity contribution is 5.87. The highest BCUT2D eigenvalue weighted by atomic mass is 15.0. The first-order valence-electron chi connectivity index (χ1n) is 7.21. The summed E-state index contributed by atoms with van der Waals surface area (Å²) in [5.41, 5.74) is 9.59. The third-order valence-corrected chi connectivity index (χ3v) is 3.32. The smallest absolute Gasteiger partial charge is 0.0503 e. The van der Waals surface area contributed by atoms with Gasteiger partial charge in [-0.05, 0) is 43.5 Å². The summed E-state index contributed by atoms with van der Waals surface area (Å²) >= 11 is 0. The van der Waals surface area contributed by atoms with Crippen molar-refractivity contribution in [1.82, 2.24) is 4.57 Å². The van der Waals surface area contributed by atoms with E-state index in [0.717, 1.165) is 19.5 Å². The predicted octanol–water partition coefficient (Wildman–Crippen LogP) is 3.23. The summed E-state index contributed by atoms with van der Waals surface area (Å²) in [5.74, 6) is 0.643. The molecule has 0 aliphatic carbocycles. The number of anilines is 1. The molecule has 0 radical (unpaired) electrons. The van der Waals surface area contributed by atoms with E-state index in [0.29, 0.717) is 12.5 Å². The third-order valence-electron chi connectivity index (χ3n) is 3.32. The Morgan fingerprint density at radius 3 is 2.74 bits per heavy atom. The summed E-state index contributed by atoms with van der Waals surface area (Å²) in [4.78, 5) is 0. The molecule has 1 aromatic carbocycles. The van der Waals surface area contributed by atoms with Gasteiger partial charge in [0.25, 0.3) is 0 Å². The van der Waals surface area contributed by atoms with Crippen LogP contribution in [0.4, 0.5) is 5.69 Å². The zero-order valence-electron chi connectivity index (χ0n) is 12.2. The normalized spacial score (nSPS) is 11.4. The van der Waals surface area contributed by atoms with Gasteiger partial charge in [0.2, 0.25) is 0 Å². The molecule has 1 aromatic heterocycles. The van der Waals surface area contributed by atoms with Crippen LogP contribution >= 0.6 is 0 Å². The Labute approximate surface area is 115 Å². The van der Waals surface area contributed by atoms with Crippen LogP contribution in [-0.4, -0.2) is 17.7 Å². The van der Waals surface area contributed by atoms with Gasteiger partial charge in [0.15, 0.2) is 0 Å². The van der Waals surface area contributed by atoms with Crippen LogP contribution in [0.25, 0.3) is 10.9 Å². The van der Waals surface area contributed by atoms with Crippen molar-refractivity contribution in [2.45, 2.75) is 33.7 Å². The van der Waals surface area contributed by atoms with Gasteiger partial charge < -0.3 is 15.6 Å². The number of benzene rings is 1. The van der Waals surface area contributed by atoms with E-state index >= 15 is 0 Å². The topological polar surface area (TPSA) is 43.0 Å². The number of rotatable bonds is 6. The molecule has 0 aliphatic heterocycles. The van der Waals surface area contributed by atoms with E-state index in [1.165, 1.54) is 22.2 Å². The van der Waals surface area contributed by atoms with E-state index < -0.39 is 0 Å². The summed E-state index contributed by atoms with van der Waals surface area (Å²) < 4.78 is 2.37. The number of nitrogens with one attached hydrogen (secondary N) is 1. The molecule has 3 heteroatoms. The molecule has 0 aliphatic rings. The monoisotopic (exact) mass is 259 g/mol. The summed E-state index contributed by atoms with van der Waals surface area (Å²) in [7, 11) is 0. The molecule has 0 unspecified atom stereocenters. The lowest BCUT2D eigenvalue weighted by Crippen LogP contribution is -2.04. The Balaban J connectivity index is 2.48. The maximum Gasteiger partial charge on any atom is 0.0503 e. The van der Waals surface area contributed by atoms with Gasteiger partial charge >= 0.3 is 0 Å². The van der Waals surface area contributed by atoms with E-state index in [9.17, 15) is 0 Å². The molecule has 2 rings (SSSR count). The van der Waals surface area contributed by atoms with Crippen molar-refractivity contribution in [3.8, 4) is 0 Å². The quantitative estimate of drug-likeness (QED) is 0.836. The van der Waals surface area contributed by atoms with E-state index in [1.807, 2.05) is 0 Å². The van der Waals surface area contributed by atoms with Gasteiger partial charge in [-0.15, -0.1) is 0 Å². The van der Waals surface area contributed by atoms with Crippen molar-refractivity contribution >= 4 is 16.6 Å². The average molecular weight is 259 g/mol. The van der Waals surface area contributed by atoms with Crippen LogP contribution in [0, 0.1) is 5.92 Å². The van der Waals surface area contributed by atoms with E-state index in [2.05, 4.69) is 55.1 Å². The first-order valence-corrected chi connectivity index (χ1v) is 7.21. The lowest BCUT2D eigenvalue weighted by molar-refractivity contribution is 0.534. The number of hydrogen-bond donors (Lipinski definition) is 2. The van der Waals surface area contributed by atoms with E-state index in [4.69, 9.17) is 5.73 Å². The molecule has 2 aromatic rings. The van der Waals surface area contributed by atoms with Gasteiger partial charge in [0.1, 0.15) is 0 Å². The molecular formula is C16H25N3. The lowest BCUT2D eigenvalue weighted by Gasteiger charge is -2.09. The van der Waals surface area contributed by atoms with Crippen LogP contribution in [0.5, 0.6) is 0 Å². The van der Waals surface area contributed by atoms with Crippen molar-refractivity contribution in [2.24, 2.45) is 11.7 Å². The Kier molecular flexibility index (Phi) is 4.48. The summed E-state index contributed by atoms with van der Waals surface area (Å²) in [6.45, 7) is 9.33. The van der Waals surface area contributed by atoms with Crippen molar-refractivity contribution in [2.75, 3.05) is 18.4 Å². The van der Waals surface area contributed by atoms with Gasteiger partial charge in [0.05, 0.1) is 5.52 Å². The molecular weight excluding hydrogens is 234 g/mol. The highest BCUT2D eigenvalue weighted by Gasteiger charge is 2.09. The fraction of sp³-hybridized carbons (Fsp3) is 0.500. The van der Waals surface area contributed by atoms with Crippen LogP contribution in [-0.2, 0) is 13.0 Å². The molecule has 0 fully saturated rings. The van der Waals surface area contributed by atoms with Crippen LogP contribution in [0.2, 0.25) is 0 Å². The maximum absolute atomic E-state index is 5.72. The minimum atomic E-state index is 0.643. The lowest BCUT2D eigenvalue weighted by atomic mass is 10.1. The number of nitrogens with two attached hydrogens (primary N) is 1. The Bertz CT molecular complexity index is 540. The molecule has 3 N–H and O–H groups in total. The van der Waals surface area contributed by atoms with Crippen molar-refractivity contribution < 1.29 is 0 Å². The minimum Gasteiger partial charge on any atom is -0.385 e. The zero-order valence-corrected chi connectivity index (χ0v) is 12.2. The van der Waals surface area contributed by atoms with Crippen LogP contribution in [0.15, 0.2) is 24.4 Å². The fourth-order valence-corrected chi connectivity index (χ4v) is 2.58. The Morgan fingerprint density at radius 1 is 1.32 bits per heavy atom. The largest absolute Gasteiger partial charge is 0.385 e. The molecule has 0 atom stereocenters. The predicted molar refractivity (Wildman–Crippen MR) is 83.7 cm³/mol. The van der Waals surface area contributed by atoms with Gasteiger partial charge in [-0.3, -0.25) is 0 Å². The number of hydrogen-bond acceptors (Lipinski definition) is 2. The average Bonchev–Trinajstić information content (AvgIpc) is 2.68. The SMILES string of the molecule is CCNc1ccc2c(CCN)cn(CC(C)C)c2c1. The van der Waals surface area contributed by atoms with E-state index in [1.54, 1.807) is 0 Å². The fourth-order valence-electron chi connectivity index (χ4n) is 2.58. The van der Waals surface area contributed by atoms with Crippen molar-refractivity contribution in [3.63, 3.8) is 0 Å². The molecule has 0 saturated carbocycles. The standard InChI is InChI=1S/C16H25N3/c1-4-18-14-5-6-15-13(7-8-17)11-19(10-12(2)3)16(15)9-14/h5-6,9,11-12,18H,4,7-8,10,17H2,1-3H3. The molecule has 0 spiro atoms. The number of fused-ring (bicyclic) bond motifs is 1. The van der Waals surface area contributed by atoms with Crippen LogP contribution in [0.3, 0.4) is 0 Å². The molecule has 0 amide bonds. The minimum absolute atomic E-state index is 0.643. The second-order valence-electron chi connectivity index (χ2n) is 5.50. The molecule has 19 heavy (non-hydrogen) atoms. The van der Waals surface area contributed by atoms with Crippen molar-refractivity contribution in [3.05, 3.63) is 30.0 Å². The molecule has 0 saturated heterocycles. The van der Waals surface area contributed by atoms with Gasteiger partial charge in [-0.25, -0.2) is 0 Å². The molecule has 104 valence electrons. The highest BCUT2D eigenvalue weighted by Crippen LogP contribution is 2.26. The Morgan fingerprint density at radius 2 is 2.11 bits per heavy atom. The van der Waals surface area contributed by atoms with Crippen LogP contribution < -0.4 is 11.1 Å². The second-order valence-corrected chi connectivity index (χ2v) is 5.50. The Hall–Kier alpha value is -1.48. The summed E-state index contributed by atoms with van der Waals surface area (Å²) in [6, 6.07) is 6.63. The zero-order chi connectivity index (χ0) is 13.8. The second kappa shape index (κ2) is 6.11. The third kappa shape index (κ3) is 3.10. The van der Waals surface area contributed by atoms with Gasteiger partial charge in [-0.1, -0.05) is 19.9 Å². The summed E-state index contributed by atoms with van der Waals surface area (Å²) in [6.07, 6.45) is 3.22. The number of nitrogens with zero attached hydrogens (tertiary/aromatic N) is 1.